The van der Waals surface area contributed by atoms with Crippen LogP contribution in [0.1, 0.15) is 59.8 Å². The molecule has 0 aromatic rings. The monoisotopic (exact) mass is 240 g/mol. The zero-order chi connectivity index (χ0) is 13.1. The first-order valence-electron chi connectivity index (χ1n) is 6.91. The highest BCUT2D eigenvalue weighted by molar-refractivity contribution is 5.79. The van der Waals surface area contributed by atoms with Crippen LogP contribution < -0.4 is 5.73 Å². The van der Waals surface area contributed by atoms with Gasteiger partial charge in [0.1, 0.15) is 0 Å². The van der Waals surface area contributed by atoms with Gasteiger partial charge in [0.15, 0.2) is 0 Å². The van der Waals surface area contributed by atoms with Crippen molar-refractivity contribution >= 4 is 5.91 Å². The minimum Gasteiger partial charge on any atom is -0.337 e. The Morgan fingerprint density at radius 3 is 2.47 bits per heavy atom. The Morgan fingerprint density at radius 2 is 2.00 bits per heavy atom. The third-order valence-corrected chi connectivity index (χ3v) is 3.89. The van der Waals surface area contributed by atoms with E-state index in [0.29, 0.717) is 5.91 Å². The fourth-order valence-corrected chi connectivity index (χ4v) is 2.65. The van der Waals surface area contributed by atoms with E-state index in [1.807, 2.05) is 6.92 Å². The van der Waals surface area contributed by atoms with Crippen molar-refractivity contribution in [3.05, 3.63) is 0 Å². The van der Waals surface area contributed by atoms with Crippen molar-refractivity contribution in [2.24, 2.45) is 11.7 Å². The molecule has 1 fully saturated rings. The van der Waals surface area contributed by atoms with Crippen molar-refractivity contribution in [1.29, 1.82) is 0 Å². The molecule has 1 rings (SSSR count). The molecule has 1 aliphatic heterocycles. The van der Waals surface area contributed by atoms with E-state index >= 15 is 0 Å². The summed E-state index contributed by atoms with van der Waals surface area (Å²) in [5.74, 6) is 0.475. The third kappa shape index (κ3) is 3.98. The fraction of sp³-hybridized carbons (Fsp3) is 0.929. The van der Waals surface area contributed by atoms with Crippen molar-refractivity contribution in [2.45, 2.75) is 71.4 Å². The van der Waals surface area contributed by atoms with E-state index < -0.39 is 0 Å². The van der Waals surface area contributed by atoms with E-state index in [0.717, 1.165) is 38.6 Å². The van der Waals surface area contributed by atoms with Crippen molar-refractivity contribution in [3.8, 4) is 0 Å². The first-order valence-corrected chi connectivity index (χ1v) is 6.91. The van der Waals surface area contributed by atoms with Crippen LogP contribution in [0.15, 0.2) is 0 Å². The van der Waals surface area contributed by atoms with Crippen LogP contribution in [0.3, 0.4) is 0 Å². The number of nitrogens with zero attached hydrogens (tertiary/aromatic N) is 1. The van der Waals surface area contributed by atoms with Crippen LogP contribution in [0.2, 0.25) is 0 Å². The van der Waals surface area contributed by atoms with E-state index in [1.54, 1.807) is 0 Å². The lowest BCUT2D eigenvalue weighted by atomic mass is 9.97. The molecule has 17 heavy (non-hydrogen) atoms. The SMILES string of the molecule is CC(N)CCCC(C)C(=O)N1CCCC1(C)C. The van der Waals surface area contributed by atoms with E-state index in [2.05, 4.69) is 25.7 Å². The van der Waals surface area contributed by atoms with Crippen molar-refractivity contribution in [3.63, 3.8) is 0 Å². The molecule has 2 N–H and O–H groups in total. The fourth-order valence-electron chi connectivity index (χ4n) is 2.65. The molecule has 1 heterocycles. The Bertz CT molecular complexity index is 261. The molecule has 0 radical (unpaired) electrons. The average Bonchev–Trinajstić information content (AvgIpc) is 2.56. The number of hydrogen-bond acceptors (Lipinski definition) is 2. The van der Waals surface area contributed by atoms with E-state index in [4.69, 9.17) is 5.73 Å². The molecule has 1 amide bonds. The van der Waals surface area contributed by atoms with Crippen LogP contribution in [0, 0.1) is 5.92 Å². The van der Waals surface area contributed by atoms with Gasteiger partial charge in [0.05, 0.1) is 0 Å². The molecular weight excluding hydrogens is 212 g/mol. The molecule has 2 unspecified atom stereocenters. The minimum absolute atomic E-state index is 0.0620. The maximum absolute atomic E-state index is 12.3. The smallest absolute Gasteiger partial charge is 0.225 e. The summed E-state index contributed by atoms with van der Waals surface area (Å²) in [5.41, 5.74) is 5.79. The number of likely N-dealkylation sites (tertiary alicyclic amines) is 1. The molecular formula is C14H28N2O. The summed E-state index contributed by atoms with van der Waals surface area (Å²) < 4.78 is 0. The average molecular weight is 240 g/mol. The van der Waals surface area contributed by atoms with Crippen LogP contribution in [0.5, 0.6) is 0 Å². The molecule has 1 aliphatic rings. The normalized spacial score (nSPS) is 22.5. The summed E-state index contributed by atoms with van der Waals surface area (Å²) in [6.07, 6.45) is 5.31. The van der Waals surface area contributed by atoms with Gasteiger partial charge in [-0.3, -0.25) is 4.79 Å². The Morgan fingerprint density at radius 1 is 1.35 bits per heavy atom. The molecule has 0 saturated carbocycles. The van der Waals surface area contributed by atoms with E-state index in [1.165, 1.54) is 0 Å². The molecule has 1 saturated heterocycles. The highest BCUT2D eigenvalue weighted by Crippen LogP contribution is 2.30. The van der Waals surface area contributed by atoms with Gasteiger partial charge in [-0.05, 0) is 46.5 Å². The molecule has 0 aliphatic carbocycles. The Hall–Kier alpha value is -0.570. The lowest BCUT2D eigenvalue weighted by Gasteiger charge is -2.33. The summed E-state index contributed by atoms with van der Waals surface area (Å²) in [7, 11) is 0. The van der Waals surface area contributed by atoms with Crippen LogP contribution in [-0.4, -0.2) is 28.9 Å². The van der Waals surface area contributed by atoms with Gasteiger partial charge in [0.25, 0.3) is 0 Å². The van der Waals surface area contributed by atoms with Gasteiger partial charge in [-0.15, -0.1) is 0 Å². The summed E-state index contributed by atoms with van der Waals surface area (Å²) in [6.45, 7) is 9.36. The molecule has 0 spiro atoms. The molecule has 100 valence electrons. The third-order valence-electron chi connectivity index (χ3n) is 3.89. The second-order valence-corrected chi connectivity index (χ2v) is 6.22. The Kier molecular flexibility index (Phi) is 4.99. The largest absolute Gasteiger partial charge is 0.337 e. The molecule has 0 bridgehead atoms. The van der Waals surface area contributed by atoms with Gasteiger partial charge < -0.3 is 10.6 Å². The van der Waals surface area contributed by atoms with Gasteiger partial charge in [-0.1, -0.05) is 13.3 Å². The highest BCUT2D eigenvalue weighted by Gasteiger charge is 2.36. The molecule has 0 aromatic carbocycles. The maximum Gasteiger partial charge on any atom is 0.225 e. The van der Waals surface area contributed by atoms with Gasteiger partial charge >= 0.3 is 0 Å². The summed E-state index contributed by atoms with van der Waals surface area (Å²) in [4.78, 5) is 14.4. The standard InChI is InChI=1S/C14H28N2O/c1-11(7-5-8-12(2)15)13(17)16-10-6-9-14(16,3)4/h11-12H,5-10,15H2,1-4H3. The summed E-state index contributed by atoms with van der Waals surface area (Å²) in [6, 6.07) is 0.250. The number of hydrogen-bond donors (Lipinski definition) is 1. The molecule has 2 atom stereocenters. The Labute approximate surface area is 106 Å². The zero-order valence-corrected chi connectivity index (χ0v) is 11.8. The van der Waals surface area contributed by atoms with Crippen LogP contribution >= 0.6 is 0 Å². The van der Waals surface area contributed by atoms with E-state index in [9.17, 15) is 4.79 Å². The van der Waals surface area contributed by atoms with Crippen LogP contribution in [-0.2, 0) is 4.79 Å². The number of amides is 1. The zero-order valence-electron chi connectivity index (χ0n) is 11.8. The lowest BCUT2D eigenvalue weighted by molar-refractivity contribution is -0.138. The van der Waals surface area contributed by atoms with Gasteiger partial charge in [-0.2, -0.15) is 0 Å². The lowest BCUT2D eigenvalue weighted by Crippen LogP contribution is -2.45. The Balaban J connectivity index is 2.41. The second kappa shape index (κ2) is 5.85. The maximum atomic E-state index is 12.3. The first-order chi connectivity index (χ1) is 7.84. The number of carbonyl (C=O) groups excluding carboxylic acids is 1. The molecule has 0 aromatic heterocycles. The van der Waals surface area contributed by atoms with Crippen LogP contribution in [0.4, 0.5) is 0 Å². The van der Waals surface area contributed by atoms with Crippen molar-refractivity contribution in [2.75, 3.05) is 6.54 Å². The molecule has 3 nitrogen and oxygen atoms in total. The number of carbonyl (C=O) groups is 1. The van der Waals surface area contributed by atoms with E-state index in [-0.39, 0.29) is 17.5 Å². The number of rotatable bonds is 5. The van der Waals surface area contributed by atoms with Crippen LogP contribution in [0.25, 0.3) is 0 Å². The molecule has 3 heteroatoms. The van der Waals surface area contributed by atoms with Crippen molar-refractivity contribution < 1.29 is 4.79 Å². The van der Waals surface area contributed by atoms with Gasteiger partial charge in [-0.25, -0.2) is 0 Å². The van der Waals surface area contributed by atoms with Gasteiger partial charge in [0, 0.05) is 24.0 Å². The predicted octanol–water partition coefficient (Wildman–Crippen LogP) is 2.54. The highest BCUT2D eigenvalue weighted by atomic mass is 16.2. The topological polar surface area (TPSA) is 46.3 Å². The quantitative estimate of drug-likeness (QED) is 0.802. The van der Waals surface area contributed by atoms with Crippen molar-refractivity contribution in [1.82, 2.24) is 4.90 Å². The van der Waals surface area contributed by atoms with Gasteiger partial charge in [0.2, 0.25) is 5.91 Å². The first kappa shape index (κ1) is 14.5. The predicted molar refractivity (Wildman–Crippen MR) is 71.7 cm³/mol. The summed E-state index contributed by atoms with van der Waals surface area (Å²) >= 11 is 0. The minimum atomic E-state index is 0.0620. The number of nitrogens with two attached hydrogens (primary N) is 1. The summed E-state index contributed by atoms with van der Waals surface area (Å²) in [5, 5.41) is 0. The second-order valence-electron chi connectivity index (χ2n) is 6.22.